The molecule has 9 heteroatoms. The molecule has 1 N–H and O–H groups in total. The highest BCUT2D eigenvalue weighted by Gasteiger charge is 2.30. The van der Waals surface area contributed by atoms with E-state index in [0.717, 1.165) is 39.8 Å². The van der Waals surface area contributed by atoms with E-state index in [1.807, 2.05) is 32.0 Å². The number of carbonyl (C=O) groups excluding carboxylic acids is 1. The standard InChI is InChI=1S/C21H18F3N5O/c1-11-5-4-6-16-18(11)27-12(2)17-13(3)28-29(19(16)17)20(30)26-10-15-8-7-14(9-25-15)21(22,23)24/h4-9H,10H2,1-3H3,(H,26,30). The van der Waals surface area contributed by atoms with Gasteiger partial charge in [0, 0.05) is 22.7 Å². The number of fused-ring (bicyclic) bond motifs is 3. The minimum absolute atomic E-state index is 0.0294. The summed E-state index contributed by atoms with van der Waals surface area (Å²) < 4.78 is 39.3. The van der Waals surface area contributed by atoms with Crippen LogP contribution in [0.2, 0.25) is 0 Å². The molecule has 30 heavy (non-hydrogen) atoms. The highest BCUT2D eigenvalue weighted by atomic mass is 19.4. The average Bonchev–Trinajstić information content (AvgIpc) is 3.05. The van der Waals surface area contributed by atoms with E-state index in [1.54, 1.807) is 6.92 Å². The Kier molecular flexibility index (Phi) is 4.68. The molecule has 0 fully saturated rings. The van der Waals surface area contributed by atoms with Gasteiger partial charge in [-0.1, -0.05) is 18.2 Å². The molecule has 0 spiro atoms. The summed E-state index contributed by atoms with van der Waals surface area (Å²) in [5, 5.41) is 8.67. The second-order valence-corrected chi connectivity index (χ2v) is 7.08. The Labute approximate surface area is 169 Å². The quantitative estimate of drug-likeness (QED) is 0.518. The molecule has 0 saturated heterocycles. The smallest absolute Gasteiger partial charge is 0.331 e. The number of aryl methyl sites for hydroxylation is 3. The van der Waals surface area contributed by atoms with Crippen LogP contribution in [0.3, 0.4) is 0 Å². The van der Waals surface area contributed by atoms with E-state index in [9.17, 15) is 18.0 Å². The van der Waals surface area contributed by atoms with Crippen LogP contribution in [0.1, 0.15) is 28.2 Å². The zero-order valence-corrected chi connectivity index (χ0v) is 16.5. The molecular weight excluding hydrogens is 395 g/mol. The second kappa shape index (κ2) is 7.08. The molecule has 3 aromatic heterocycles. The molecule has 0 atom stereocenters. The summed E-state index contributed by atoms with van der Waals surface area (Å²) in [6.07, 6.45) is -3.70. The van der Waals surface area contributed by atoms with Crippen LogP contribution in [-0.4, -0.2) is 25.8 Å². The first-order valence-electron chi connectivity index (χ1n) is 9.22. The Hall–Kier alpha value is -3.49. The number of nitrogens with zero attached hydrogens (tertiary/aromatic N) is 4. The molecule has 4 aromatic rings. The van der Waals surface area contributed by atoms with Gasteiger partial charge in [-0.15, -0.1) is 0 Å². The molecule has 0 aliphatic heterocycles. The summed E-state index contributed by atoms with van der Waals surface area (Å²) in [6.45, 7) is 5.60. The molecule has 1 aromatic carbocycles. The maximum absolute atomic E-state index is 12.9. The van der Waals surface area contributed by atoms with E-state index in [0.29, 0.717) is 16.9 Å². The van der Waals surface area contributed by atoms with Gasteiger partial charge in [-0.3, -0.25) is 9.97 Å². The molecule has 0 aliphatic rings. The first-order chi connectivity index (χ1) is 14.2. The SMILES string of the molecule is Cc1cccc2c1nc(C)c1c(C)nn(C(=O)NCc3ccc(C(F)(F)F)cn3)c12. The number of alkyl halides is 3. The Morgan fingerprint density at radius 3 is 2.53 bits per heavy atom. The van der Waals surface area contributed by atoms with Crippen molar-refractivity contribution in [2.45, 2.75) is 33.5 Å². The first-order valence-corrected chi connectivity index (χ1v) is 9.22. The predicted molar refractivity (Wildman–Crippen MR) is 106 cm³/mol. The van der Waals surface area contributed by atoms with Crippen LogP contribution in [0.5, 0.6) is 0 Å². The van der Waals surface area contributed by atoms with Gasteiger partial charge in [-0.2, -0.15) is 23.0 Å². The van der Waals surface area contributed by atoms with Crippen molar-refractivity contribution in [3.05, 3.63) is 64.7 Å². The zero-order valence-electron chi connectivity index (χ0n) is 16.5. The molecule has 4 rings (SSSR count). The van der Waals surface area contributed by atoms with Crippen LogP contribution >= 0.6 is 0 Å². The molecule has 154 valence electrons. The predicted octanol–water partition coefficient (Wildman–Crippen LogP) is 4.68. The van der Waals surface area contributed by atoms with E-state index < -0.39 is 17.8 Å². The normalized spacial score (nSPS) is 11.9. The topological polar surface area (TPSA) is 72.7 Å². The number of hydrogen-bond donors (Lipinski definition) is 1. The zero-order chi connectivity index (χ0) is 21.6. The number of para-hydroxylation sites is 1. The van der Waals surface area contributed by atoms with Crippen LogP contribution in [-0.2, 0) is 12.7 Å². The van der Waals surface area contributed by atoms with Crippen LogP contribution < -0.4 is 5.32 Å². The van der Waals surface area contributed by atoms with E-state index in [1.165, 1.54) is 10.7 Å². The lowest BCUT2D eigenvalue weighted by Crippen LogP contribution is -2.29. The van der Waals surface area contributed by atoms with Crippen molar-refractivity contribution < 1.29 is 18.0 Å². The summed E-state index contributed by atoms with van der Waals surface area (Å²) in [6, 6.07) is 7.41. The van der Waals surface area contributed by atoms with E-state index >= 15 is 0 Å². The summed E-state index contributed by atoms with van der Waals surface area (Å²) in [4.78, 5) is 21.3. The molecule has 0 aliphatic carbocycles. The first kappa shape index (κ1) is 19.8. The van der Waals surface area contributed by atoms with Gasteiger partial charge in [0.15, 0.2) is 0 Å². The highest BCUT2D eigenvalue weighted by molar-refractivity contribution is 6.09. The fourth-order valence-corrected chi connectivity index (χ4v) is 3.52. The van der Waals surface area contributed by atoms with Gasteiger partial charge in [0.05, 0.1) is 34.5 Å². The molecule has 0 unspecified atom stereocenters. The van der Waals surface area contributed by atoms with Crippen molar-refractivity contribution in [1.82, 2.24) is 25.1 Å². The molecule has 0 bridgehead atoms. The Bertz CT molecular complexity index is 1280. The monoisotopic (exact) mass is 413 g/mol. The van der Waals surface area contributed by atoms with Gasteiger partial charge < -0.3 is 5.32 Å². The summed E-state index contributed by atoms with van der Waals surface area (Å²) >= 11 is 0. The lowest BCUT2D eigenvalue weighted by atomic mass is 10.1. The third-order valence-corrected chi connectivity index (χ3v) is 4.96. The number of amides is 1. The minimum atomic E-state index is -4.45. The Morgan fingerprint density at radius 2 is 1.87 bits per heavy atom. The van der Waals surface area contributed by atoms with Crippen molar-refractivity contribution >= 4 is 27.8 Å². The molecule has 1 amide bonds. The number of benzene rings is 1. The maximum atomic E-state index is 12.9. The van der Waals surface area contributed by atoms with Gasteiger partial charge in [0.1, 0.15) is 0 Å². The highest BCUT2D eigenvalue weighted by Crippen LogP contribution is 2.30. The van der Waals surface area contributed by atoms with Crippen LogP contribution in [0.25, 0.3) is 21.8 Å². The molecule has 0 saturated carbocycles. The van der Waals surface area contributed by atoms with Crippen LogP contribution in [0, 0.1) is 20.8 Å². The minimum Gasteiger partial charge on any atom is -0.331 e. The second-order valence-electron chi connectivity index (χ2n) is 7.08. The van der Waals surface area contributed by atoms with Crippen molar-refractivity contribution in [3.63, 3.8) is 0 Å². The molecule has 3 heterocycles. The summed E-state index contributed by atoms with van der Waals surface area (Å²) in [5.74, 6) is 0. The van der Waals surface area contributed by atoms with Crippen molar-refractivity contribution in [2.75, 3.05) is 0 Å². The third kappa shape index (κ3) is 3.36. The van der Waals surface area contributed by atoms with Crippen molar-refractivity contribution in [2.24, 2.45) is 0 Å². The Morgan fingerprint density at radius 1 is 1.10 bits per heavy atom. The van der Waals surface area contributed by atoms with Crippen LogP contribution in [0.15, 0.2) is 36.5 Å². The number of rotatable bonds is 2. The van der Waals surface area contributed by atoms with Gasteiger partial charge in [0.2, 0.25) is 0 Å². The lowest BCUT2D eigenvalue weighted by Gasteiger charge is -2.10. The molecular formula is C21H18F3N5O. The van der Waals surface area contributed by atoms with Gasteiger partial charge in [-0.05, 0) is 38.5 Å². The average molecular weight is 413 g/mol. The molecule has 6 nitrogen and oxygen atoms in total. The third-order valence-electron chi connectivity index (χ3n) is 4.96. The van der Waals surface area contributed by atoms with Crippen molar-refractivity contribution in [3.8, 4) is 0 Å². The van der Waals surface area contributed by atoms with Gasteiger partial charge in [-0.25, -0.2) is 4.79 Å². The maximum Gasteiger partial charge on any atom is 0.417 e. The van der Waals surface area contributed by atoms with Gasteiger partial charge in [0.25, 0.3) is 0 Å². The fourth-order valence-electron chi connectivity index (χ4n) is 3.52. The molecule has 0 radical (unpaired) electrons. The fraction of sp³-hybridized carbons (Fsp3) is 0.238. The van der Waals surface area contributed by atoms with Crippen LogP contribution in [0.4, 0.5) is 18.0 Å². The summed E-state index contributed by atoms with van der Waals surface area (Å²) in [5.41, 5.74) is 3.34. The van der Waals surface area contributed by atoms with E-state index in [4.69, 9.17) is 0 Å². The number of aromatic nitrogens is 4. The van der Waals surface area contributed by atoms with E-state index in [-0.39, 0.29) is 6.54 Å². The summed E-state index contributed by atoms with van der Waals surface area (Å²) in [7, 11) is 0. The Balaban J connectivity index is 1.68. The van der Waals surface area contributed by atoms with E-state index in [2.05, 4.69) is 20.4 Å². The van der Waals surface area contributed by atoms with Crippen molar-refractivity contribution in [1.29, 1.82) is 0 Å². The number of pyridine rings is 2. The largest absolute Gasteiger partial charge is 0.417 e. The number of hydrogen-bond acceptors (Lipinski definition) is 4. The number of carbonyl (C=O) groups is 1. The lowest BCUT2D eigenvalue weighted by molar-refractivity contribution is -0.137. The number of nitrogens with one attached hydrogen (secondary N) is 1. The number of halogens is 3. The van der Waals surface area contributed by atoms with Gasteiger partial charge >= 0.3 is 12.2 Å².